The molecule has 1 aliphatic rings. The molecule has 1 unspecified atom stereocenters. The Balaban J connectivity index is 0.00000420. The predicted octanol–water partition coefficient (Wildman–Crippen LogP) is 3.65. The van der Waals surface area contributed by atoms with Crippen molar-refractivity contribution < 1.29 is 13.9 Å². The summed E-state index contributed by atoms with van der Waals surface area (Å²) in [4.78, 5) is 23.1. The van der Waals surface area contributed by atoms with Gasteiger partial charge in [0.1, 0.15) is 17.9 Å². The summed E-state index contributed by atoms with van der Waals surface area (Å²) in [5.41, 5.74) is -0.574. The highest BCUT2D eigenvalue weighted by Gasteiger charge is 2.28. The summed E-state index contributed by atoms with van der Waals surface area (Å²) in [6, 6.07) is 0.0351. The number of carbonyl (C=O) groups is 1. The first-order valence-corrected chi connectivity index (χ1v) is 9.96. The Morgan fingerprint density at radius 1 is 1.34 bits per heavy atom. The van der Waals surface area contributed by atoms with Gasteiger partial charge in [-0.15, -0.1) is 24.0 Å². The van der Waals surface area contributed by atoms with Crippen molar-refractivity contribution in [2.24, 2.45) is 4.99 Å². The van der Waals surface area contributed by atoms with Gasteiger partial charge in [0.15, 0.2) is 5.96 Å². The molecule has 166 valence electrons. The maximum atomic E-state index is 12.0. The Kier molecular flexibility index (Phi) is 9.23. The lowest BCUT2D eigenvalue weighted by Crippen LogP contribution is -2.44. The van der Waals surface area contributed by atoms with Crippen molar-refractivity contribution in [3.63, 3.8) is 0 Å². The molecule has 1 amide bonds. The second-order valence-corrected chi connectivity index (χ2v) is 9.12. The molecule has 1 saturated heterocycles. The average Bonchev–Trinajstić information content (AvgIpc) is 3.18. The maximum Gasteiger partial charge on any atom is 0.407 e. The number of hydrogen-bond donors (Lipinski definition) is 2. The minimum Gasteiger partial charge on any atom is -0.444 e. The highest BCUT2D eigenvalue weighted by molar-refractivity contribution is 14.0. The zero-order valence-electron chi connectivity index (χ0n) is 18.7. The van der Waals surface area contributed by atoms with Crippen LogP contribution in [0.25, 0.3) is 0 Å². The van der Waals surface area contributed by atoms with Crippen molar-refractivity contribution in [1.82, 2.24) is 20.5 Å². The smallest absolute Gasteiger partial charge is 0.407 e. The molecule has 1 aromatic rings. The second-order valence-electron chi connectivity index (χ2n) is 9.12. The Morgan fingerprint density at radius 2 is 2.03 bits per heavy atom. The van der Waals surface area contributed by atoms with Gasteiger partial charge in [-0.25, -0.2) is 14.8 Å². The van der Waals surface area contributed by atoms with Gasteiger partial charge in [-0.1, -0.05) is 20.8 Å². The number of hydrogen-bond acceptors (Lipinski definition) is 5. The van der Waals surface area contributed by atoms with Gasteiger partial charge in [-0.3, -0.25) is 0 Å². The standard InChI is InChI=1S/C20H35N5O3.HI/c1-8-21-17(23-12-16-22-11-15(27-16)19(2,3)4)25-10-9-14(13-25)24-18(26)28-20(5,6)7;/h11,14H,8-10,12-13H2,1-7H3,(H,21,23)(H,24,26);1H. The molecule has 0 spiro atoms. The molecule has 1 aromatic heterocycles. The summed E-state index contributed by atoms with van der Waals surface area (Å²) in [5, 5.41) is 6.25. The molecular formula is C20H36IN5O3. The summed E-state index contributed by atoms with van der Waals surface area (Å²) in [6.07, 6.45) is 2.24. The van der Waals surface area contributed by atoms with Gasteiger partial charge in [0.05, 0.1) is 12.2 Å². The van der Waals surface area contributed by atoms with Crippen LogP contribution in [0.3, 0.4) is 0 Å². The topological polar surface area (TPSA) is 92.0 Å². The molecule has 1 atom stereocenters. The van der Waals surface area contributed by atoms with Crippen molar-refractivity contribution in [3.05, 3.63) is 17.8 Å². The molecule has 1 aliphatic heterocycles. The molecule has 29 heavy (non-hydrogen) atoms. The van der Waals surface area contributed by atoms with Crippen LogP contribution in [0.5, 0.6) is 0 Å². The van der Waals surface area contributed by atoms with Crippen molar-refractivity contribution in [2.45, 2.75) is 78.5 Å². The van der Waals surface area contributed by atoms with Gasteiger partial charge in [0.25, 0.3) is 0 Å². The average molecular weight is 521 g/mol. The SMILES string of the molecule is CCNC(=NCc1ncc(C(C)(C)C)o1)N1CCC(NC(=O)OC(C)(C)C)C1.I. The number of aliphatic imine (C=N–C) groups is 1. The van der Waals surface area contributed by atoms with E-state index in [1.165, 1.54) is 0 Å². The molecule has 2 N–H and O–H groups in total. The van der Waals surface area contributed by atoms with Crippen molar-refractivity contribution in [2.75, 3.05) is 19.6 Å². The molecule has 9 heteroatoms. The largest absolute Gasteiger partial charge is 0.444 e. The van der Waals surface area contributed by atoms with Gasteiger partial charge in [-0.05, 0) is 34.1 Å². The van der Waals surface area contributed by atoms with E-state index in [4.69, 9.17) is 9.15 Å². The number of likely N-dealkylation sites (tertiary alicyclic amines) is 1. The number of aromatic nitrogens is 1. The van der Waals surface area contributed by atoms with E-state index >= 15 is 0 Å². The Labute approximate surface area is 191 Å². The monoisotopic (exact) mass is 521 g/mol. The minimum atomic E-state index is -0.499. The van der Waals surface area contributed by atoms with Crippen molar-refractivity contribution in [1.29, 1.82) is 0 Å². The number of nitrogens with one attached hydrogen (secondary N) is 2. The summed E-state index contributed by atoms with van der Waals surface area (Å²) >= 11 is 0. The Morgan fingerprint density at radius 3 is 2.59 bits per heavy atom. The maximum absolute atomic E-state index is 12.0. The summed E-state index contributed by atoms with van der Waals surface area (Å²) in [5.74, 6) is 2.25. The molecule has 0 aliphatic carbocycles. The zero-order valence-corrected chi connectivity index (χ0v) is 21.0. The third-order valence-electron chi connectivity index (χ3n) is 4.20. The lowest BCUT2D eigenvalue weighted by atomic mass is 9.94. The van der Waals surface area contributed by atoms with Crippen LogP contribution in [-0.2, 0) is 16.7 Å². The highest BCUT2D eigenvalue weighted by atomic mass is 127. The highest BCUT2D eigenvalue weighted by Crippen LogP contribution is 2.23. The van der Waals surface area contributed by atoms with Crippen LogP contribution in [0.1, 0.15) is 66.5 Å². The summed E-state index contributed by atoms with van der Waals surface area (Å²) in [6.45, 7) is 16.5. The third-order valence-corrected chi connectivity index (χ3v) is 4.20. The van der Waals surface area contributed by atoms with E-state index in [1.54, 1.807) is 6.20 Å². The van der Waals surface area contributed by atoms with E-state index < -0.39 is 5.60 Å². The quantitative estimate of drug-likeness (QED) is 0.357. The van der Waals surface area contributed by atoms with Crippen LogP contribution in [0.4, 0.5) is 4.79 Å². The van der Waals surface area contributed by atoms with Crippen LogP contribution in [0.2, 0.25) is 0 Å². The van der Waals surface area contributed by atoms with E-state index in [0.717, 1.165) is 31.2 Å². The molecule has 0 saturated carbocycles. The molecular weight excluding hydrogens is 485 g/mol. The van der Waals surface area contributed by atoms with Crippen molar-refractivity contribution >= 4 is 36.0 Å². The number of ether oxygens (including phenoxy) is 1. The fraction of sp³-hybridized carbons (Fsp3) is 0.750. The Bertz CT molecular complexity index is 691. The number of oxazole rings is 1. The van der Waals surface area contributed by atoms with E-state index in [0.29, 0.717) is 19.0 Å². The lowest BCUT2D eigenvalue weighted by molar-refractivity contribution is 0.0507. The fourth-order valence-electron chi connectivity index (χ4n) is 2.84. The van der Waals surface area contributed by atoms with E-state index in [2.05, 4.69) is 46.3 Å². The first-order chi connectivity index (χ1) is 13.0. The minimum absolute atomic E-state index is 0. The number of guanidine groups is 1. The molecule has 0 aromatic carbocycles. The van der Waals surface area contributed by atoms with Crippen LogP contribution >= 0.6 is 24.0 Å². The van der Waals surface area contributed by atoms with Gasteiger partial charge in [0.2, 0.25) is 5.89 Å². The normalized spacial score (nSPS) is 17.7. The van der Waals surface area contributed by atoms with E-state index in [1.807, 2.05) is 27.7 Å². The molecule has 0 radical (unpaired) electrons. The number of alkyl carbamates (subject to hydrolysis) is 1. The summed E-state index contributed by atoms with van der Waals surface area (Å²) < 4.78 is 11.2. The van der Waals surface area contributed by atoms with Gasteiger partial charge in [0, 0.05) is 25.0 Å². The van der Waals surface area contributed by atoms with Crippen LogP contribution in [0.15, 0.2) is 15.6 Å². The van der Waals surface area contributed by atoms with Crippen LogP contribution in [0, 0.1) is 0 Å². The van der Waals surface area contributed by atoms with E-state index in [-0.39, 0.29) is 41.5 Å². The van der Waals surface area contributed by atoms with Crippen LogP contribution in [-0.4, -0.2) is 53.2 Å². The number of amides is 1. The predicted molar refractivity (Wildman–Crippen MR) is 125 cm³/mol. The van der Waals surface area contributed by atoms with E-state index in [9.17, 15) is 4.79 Å². The summed E-state index contributed by atoms with van der Waals surface area (Å²) in [7, 11) is 0. The number of nitrogens with zero attached hydrogens (tertiary/aromatic N) is 3. The number of rotatable bonds is 4. The second kappa shape index (κ2) is 10.5. The third kappa shape index (κ3) is 8.39. The first-order valence-electron chi connectivity index (χ1n) is 9.96. The fourth-order valence-corrected chi connectivity index (χ4v) is 2.84. The van der Waals surface area contributed by atoms with Crippen LogP contribution < -0.4 is 10.6 Å². The molecule has 8 nitrogen and oxygen atoms in total. The Hall–Kier alpha value is -1.52. The number of carbonyl (C=O) groups excluding carboxylic acids is 1. The first kappa shape index (κ1) is 25.5. The lowest BCUT2D eigenvalue weighted by Gasteiger charge is -2.23. The van der Waals surface area contributed by atoms with Gasteiger partial charge >= 0.3 is 6.09 Å². The molecule has 2 rings (SSSR count). The molecule has 0 bridgehead atoms. The van der Waals surface area contributed by atoms with Gasteiger partial charge < -0.3 is 24.7 Å². The zero-order chi connectivity index (χ0) is 20.9. The van der Waals surface area contributed by atoms with Crippen molar-refractivity contribution in [3.8, 4) is 0 Å². The number of halogens is 1. The molecule has 2 heterocycles. The van der Waals surface area contributed by atoms with Gasteiger partial charge in [-0.2, -0.15) is 0 Å². The molecule has 1 fully saturated rings.